The van der Waals surface area contributed by atoms with Crippen LogP contribution in [0.4, 0.5) is 0 Å². The van der Waals surface area contributed by atoms with Crippen LogP contribution in [-0.2, 0) is 0 Å². The van der Waals surface area contributed by atoms with Gasteiger partial charge < -0.3 is 0 Å². The minimum atomic E-state index is 1.22. The van der Waals surface area contributed by atoms with Crippen molar-refractivity contribution in [3.63, 3.8) is 0 Å². The molecular formula is C8H18NSn. The fourth-order valence-corrected chi connectivity index (χ4v) is 1.71. The first-order valence-corrected chi connectivity index (χ1v) is 6.23. The first kappa shape index (κ1) is 10.8. The van der Waals surface area contributed by atoms with Crippen LogP contribution in [0.2, 0.25) is 4.44 Å². The summed E-state index contributed by atoms with van der Waals surface area (Å²) in [5, 5.41) is 0. The maximum atomic E-state index is 2.49. The normalized spacial score (nSPS) is 10.8. The molecule has 0 N–H and O–H groups in total. The molecule has 0 bridgehead atoms. The van der Waals surface area contributed by atoms with Crippen LogP contribution < -0.4 is 0 Å². The molecule has 0 saturated heterocycles. The van der Waals surface area contributed by atoms with Crippen molar-refractivity contribution in [1.29, 1.82) is 0 Å². The fourth-order valence-electron chi connectivity index (χ4n) is 1.00. The van der Waals surface area contributed by atoms with Crippen LogP contribution >= 0.6 is 0 Å². The Morgan fingerprint density at radius 3 is 2.10 bits per heavy atom. The van der Waals surface area contributed by atoms with E-state index in [4.69, 9.17) is 0 Å². The van der Waals surface area contributed by atoms with E-state index in [2.05, 4.69) is 18.7 Å². The standard InChI is InChI=1S/C8H18N.Sn/c1-4-7-8-9(5-2)6-3;/h1,4-8H2,2-3H3;. The van der Waals surface area contributed by atoms with Crippen LogP contribution in [-0.4, -0.2) is 47.1 Å². The van der Waals surface area contributed by atoms with Gasteiger partial charge in [-0.05, 0) is 0 Å². The second-order valence-electron chi connectivity index (χ2n) is 2.48. The van der Waals surface area contributed by atoms with Crippen molar-refractivity contribution in [2.75, 3.05) is 19.6 Å². The second-order valence-corrected chi connectivity index (χ2v) is 3.91. The van der Waals surface area contributed by atoms with Gasteiger partial charge in [0.15, 0.2) is 0 Å². The molecule has 1 nitrogen and oxygen atoms in total. The molecule has 0 aromatic rings. The summed E-state index contributed by atoms with van der Waals surface area (Å²) in [4.78, 5) is 2.49. The second kappa shape index (κ2) is 7.86. The van der Waals surface area contributed by atoms with Gasteiger partial charge in [-0.2, -0.15) is 0 Å². The van der Waals surface area contributed by atoms with E-state index >= 15 is 0 Å². The fraction of sp³-hybridized carbons (Fsp3) is 1.00. The van der Waals surface area contributed by atoms with Crippen LogP contribution in [0.3, 0.4) is 0 Å². The number of unbranched alkanes of at least 4 members (excludes halogenated alkanes) is 1. The number of hydrogen-bond donors (Lipinski definition) is 0. The number of nitrogens with zero attached hydrogens (tertiary/aromatic N) is 1. The van der Waals surface area contributed by atoms with Crippen molar-refractivity contribution in [3.8, 4) is 0 Å². The van der Waals surface area contributed by atoms with Crippen molar-refractivity contribution in [1.82, 2.24) is 4.90 Å². The van der Waals surface area contributed by atoms with Crippen LogP contribution in [0.15, 0.2) is 0 Å². The summed E-state index contributed by atoms with van der Waals surface area (Å²) in [7, 11) is 0. The van der Waals surface area contributed by atoms with Crippen molar-refractivity contribution < 1.29 is 0 Å². The third kappa shape index (κ3) is 5.54. The first-order valence-electron chi connectivity index (χ1n) is 4.22. The van der Waals surface area contributed by atoms with Gasteiger partial charge in [-0.15, -0.1) is 0 Å². The molecule has 0 saturated carbocycles. The first-order chi connectivity index (χ1) is 4.85. The molecule has 0 rings (SSSR count). The van der Waals surface area contributed by atoms with E-state index < -0.39 is 0 Å². The van der Waals surface area contributed by atoms with Crippen LogP contribution in [0.5, 0.6) is 0 Å². The zero-order chi connectivity index (χ0) is 7.82. The third-order valence-electron chi connectivity index (χ3n) is 1.80. The molecule has 0 spiro atoms. The van der Waals surface area contributed by atoms with E-state index in [-0.39, 0.29) is 0 Å². The average Bonchev–Trinajstić information content (AvgIpc) is 1.99. The van der Waals surface area contributed by atoms with Crippen molar-refractivity contribution in [2.24, 2.45) is 0 Å². The van der Waals surface area contributed by atoms with Crippen LogP contribution in [0, 0.1) is 0 Å². The summed E-state index contributed by atoms with van der Waals surface area (Å²) in [6.07, 6.45) is 2.82. The van der Waals surface area contributed by atoms with Gasteiger partial charge in [-0.25, -0.2) is 0 Å². The Labute approximate surface area is 78.3 Å². The molecule has 0 aromatic carbocycles. The monoisotopic (exact) mass is 248 g/mol. The molecule has 10 heavy (non-hydrogen) atoms. The molecule has 0 atom stereocenters. The topological polar surface area (TPSA) is 3.24 Å². The molecule has 0 aliphatic heterocycles. The molecule has 0 aromatic heterocycles. The van der Waals surface area contributed by atoms with E-state index in [9.17, 15) is 0 Å². The average molecular weight is 247 g/mol. The van der Waals surface area contributed by atoms with E-state index in [1.807, 2.05) is 0 Å². The summed E-state index contributed by atoms with van der Waals surface area (Å²) < 4.78 is 1.42. The van der Waals surface area contributed by atoms with E-state index in [1.54, 1.807) is 22.5 Å². The van der Waals surface area contributed by atoms with E-state index in [0.29, 0.717) is 0 Å². The zero-order valence-electron chi connectivity index (χ0n) is 7.19. The molecule has 59 valence electrons. The molecule has 3 radical (unpaired) electrons. The van der Waals surface area contributed by atoms with Gasteiger partial charge in [-0.1, -0.05) is 0 Å². The van der Waals surface area contributed by atoms with Gasteiger partial charge in [-0.3, -0.25) is 0 Å². The summed E-state index contributed by atoms with van der Waals surface area (Å²) in [6, 6.07) is 0. The molecule has 0 heterocycles. The molecule has 0 aliphatic rings. The molecule has 2 heteroatoms. The quantitative estimate of drug-likeness (QED) is 0.510. The molecule has 0 unspecified atom stereocenters. The zero-order valence-corrected chi connectivity index (χ0v) is 10.0. The van der Waals surface area contributed by atoms with Gasteiger partial charge in [0.25, 0.3) is 0 Å². The van der Waals surface area contributed by atoms with Gasteiger partial charge in [0.1, 0.15) is 0 Å². The Bertz CT molecular complexity index is 62.3. The van der Waals surface area contributed by atoms with E-state index in [1.165, 1.54) is 36.9 Å². The van der Waals surface area contributed by atoms with Gasteiger partial charge in [0.2, 0.25) is 0 Å². The Kier molecular flexibility index (Phi) is 8.46. The number of rotatable bonds is 6. The van der Waals surface area contributed by atoms with E-state index in [0.717, 1.165) is 0 Å². The predicted octanol–water partition coefficient (Wildman–Crippen LogP) is 1.70. The number of hydrogen-bond acceptors (Lipinski definition) is 1. The summed E-state index contributed by atoms with van der Waals surface area (Å²) >= 11 is 1.69. The van der Waals surface area contributed by atoms with Crippen LogP contribution in [0.25, 0.3) is 0 Å². The SMILES string of the molecule is CCN(CC)CCC[CH2][Sn]. The Balaban J connectivity index is 3.09. The minimum absolute atomic E-state index is 1.22. The van der Waals surface area contributed by atoms with Gasteiger partial charge in [0.05, 0.1) is 0 Å². The Hall–Kier alpha value is 0.759. The molecule has 0 amide bonds. The van der Waals surface area contributed by atoms with Gasteiger partial charge in [0, 0.05) is 0 Å². The maximum absolute atomic E-state index is 2.49. The summed E-state index contributed by atoms with van der Waals surface area (Å²) in [5.74, 6) is 0. The molecule has 0 aliphatic carbocycles. The Morgan fingerprint density at radius 2 is 1.70 bits per heavy atom. The Morgan fingerprint density at radius 1 is 1.10 bits per heavy atom. The summed E-state index contributed by atoms with van der Waals surface area (Å²) in [6.45, 7) is 8.21. The molecular weight excluding hydrogens is 229 g/mol. The predicted molar refractivity (Wildman–Crippen MR) is 47.6 cm³/mol. The van der Waals surface area contributed by atoms with Crippen molar-refractivity contribution >= 4 is 22.5 Å². The van der Waals surface area contributed by atoms with Crippen molar-refractivity contribution in [2.45, 2.75) is 31.1 Å². The van der Waals surface area contributed by atoms with Crippen LogP contribution in [0.1, 0.15) is 26.7 Å². The van der Waals surface area contributed by atoms with Crippen molar-refractivity contribution in [3.05, 3.63) is 0 Å². The summed E-state index contributed by atoms with van der Waals surface area (Å²) in [5.41, 5.74) is 0. The third-order valence-corrected chi connectivity index (χ3v) is 2.80. The van der Waals surface area contributed by atoms with Gasteiger partial charge >= 0.3 is 78.2 Å². The molecule has 0 fully saturated rings.